The van der Waals surface area contributed by atoms with Crippen molar-refractivity contribution in [2.24, 2.45) is 0 Å². The van der Waals surface area contributed by atoms with Gasteiger partial charge in [-0.3, -0.25) is 14.6 Å². The van der Waals surface area contributed by atoms with Crippen LogP contribution < -0.4 is 5.32 Å². The fraction of sp³-hybridized carbons (Fsp3) is 0.381. The van der Waals surface area contributed by atoms with E-state index in [2.05, 4.69) is 23.5 Å². The molecule has 140 valence electrons. The van der Waals surface area contributed by atoms with Gasteiger partial charge < -0.3 is 10.2 Å². The van der Waals surface area contributed by atoms with E-state index in [-0.39, 0.29) is 24.4 Å². The van der Waals surface area contributed by atoms with Crippen molar-refractivity contribution < 1.29 is 9.59 Å². The third kappa shape index (κ3) is 5.41. The van der Waals surface area contributed by atoms with Gasteiger partial charge in [0.2, 0.25) is 5.91 Å². The molecule has 0 saturated carbocycles. The lowest BCUT2D eigenvalue weighted by atomic mass is 10.0. The summed E-state index contributed by atoms with van der Waals surface area (Å²) in [5.41, 5.74) is 1.73. The minimum Gasteiger partial charge on any atom is -0.343 e. The molecule has 0 radical (unpaired) electrons. The van der Waals surface area contributed by atoms with Gasteiger partial charge in [-0.15, -0.1) is 0 Å². The summed E-state index contributed by atoms with van der Waals surface area (Å²) in [6.45, 7) is 14.1. The van der Waals surface area contributed by atoms with Crippen molar-refractivity contribution in [3.63, 3.8) is 0 Å². The Morgan fingerprint density at radius 3 is 2.69 bits per heavy atom. The summed E-state index contributed by atoms with van der Waals surface area (Å²) in [7, 11) is 0. The van der Waals surface area contributed by atoms with E-state index in [4.69, 9.17) is 0 Å². The number of rotatable bonds is 6. The molecule has 1 atom stereocenters. The lowest BCUT2D eigenvalue weighted by molar-refractivity contribution is -0.130. The topological polar surface area (TPSA) is 62.3 Å². The Morgan fingerprint density at radius 2 is 2.12 bits per heavy atom. The number of likely N-dealkylation sites (tertiary alicyclic amines) is 1. The van der Waals surface area contributed by atoms with Gasteiger partial charge in [0.1, 0.15) is 0 Å². The van der Waals surface area contributed by atoms with Crippen LogP contribution in [0.15, 0.2) is 37.6 Å². The second-order valence-electron chi connectivity index (χ2n) is 5.72. The van der Waals surface area contributed by atoms with Crippen LogP contribution in [0.1, 0.15) is 55.2 Å². The minimum atomic E-state index is -0.301. The second kappa shape index (κ2) is 11.0. The molecular formula is C21H29N3O2. The van der Waals surface area contributed by atoms with E-state index in [9.17, 15) is 9.59 Å². The molecule has 1 aliphatic heterocycles. The monoisotopic (exact) mass is 355 g/mol. The van der Waals surface area contributed by atoms with E-state index in [0.717, 1.165) is 19.4 Å². The molecule has 1 saturated heterocycles. The molecule has 5 heteroatoms. The lowest BCUT2D eigenvalue weighted by Gasteiger charge is -2.21. The van der Waals surface area contributed by atoms with E-state index >= 15 is 0 Å². The molecule has 1 aromatic heterocycles. The number of amides is 2. The predicted molar refractivity (Wildman–Crippen MR) is 108 cm³/mol. The zero-order valence-corrected chi connectivity index (χ0v) is 16.0. The SMILES string of the molecule is C=C/C=C\c1c(C(=O)NCC(=O)N2CCCC2C)ccnc1C=C.CC. The fourth-order valence-electron chi connectivity index (χ4n) is 2.85. The normalized spacial score (nSPS) is 16.0. The fourth-order valence-corrected chi connectivity index (χ4v) is 2.85. The Kier molecular flexibility index (Phi) is 9.06. The van der Waals surface area contributed by atoms with Crippen LogP contribution in [0.25, 0.3) is 12.2 Å². The van der Waals surface area contributed by atoms with Crippen molar-refractivity contribution in [1.29, 1.82) is 0 Å². The van der Waals surface area contributed by atoms with Gasteiger partial charge in [0.05, 0.1) is 17.8 Å². The summed E-state index contributed by atoms with van der Waals surface area (Å²) in [6.07, 6.45) is 10.3. The van der Waals surface area contributed by atoms with Crippen molar-refractivity contribution in [3.8, 4) is 0 Å². The van der Waals surface area contributed by atoms with Gasteiger partial charge in [-0.25, -0.2) is 0 Å². The Morgan fingerprint density at radius 1 is 1.38 bits per heavy atom. The summed E-state index contributed by atoms with van der Waals surface area (Å²) in [6, 6.07) is 1.88. The molecule has 1 fully saturated rings. The minimum absolute atomic E-state index is 0.000465. The van der Waals surface area contributed by atoms with Crippen LogP contribution in [-0.2, 0) is 4.79 Å². The number of carbonyl (C=O) groups is 2. The maximum Gasteiger partial charge on any atom is 0.252 e. The number of aromatic nitrogens is 1. The highest BCUT2D eigenvalue weighted by Crippen LogP contribution is 2.17. The van der Waals surface area contributed by atoms with E-state index in [1.54, 1.807) is 36.6 Å². The number of nitrogens with zero attached hydrogens (tertiary/aromatic N) is 2. The molecule has 0 aromatic carbocycles. The zero-order valence-electron chi connectivity index (χ0n) is 16.0. The Bertz CT molecular complexity index is 680. The number of carbonyl (C=O) groups excluding carboxylic acids is 2. The molecule has 2 heterocycles. The molecule has 0 aliphatic carbocycles. The molecule has 1 aromatic rings. The number of hydrogen-bond acceptors (Lipinski definition) is 3. The van der Waals surface area contributed by atoms with Gasteiger partial charge in [-0.2, -0.15) is 0 Å². The van der Waals surface area contributed by atoms with Crippen molar-refractivity contribution >= 4 is 24.0 Å². The standard InChI is InChI=1S/C19H23N3O2.C2H6/c1-4-6-9-15-16(10-11-20-17(15)5-2)19(24)21-13-18(23)22-12-7-8-14(22)3;1-2/h4-6,9-11,14H,1-2,7-8,12-13H2,3H3,(H,21,24);1-2H3/b9-6-;. The first-order valence-electron chi connectivity index (χ1n) is 9.06. The first kappa shape index (κ1) is 21.4. The molecule has 2 amide bonds. The summed E-state index contributed by atoms with van der Waals surface area (Å²) in [5.74, 6) is -0.348. The maximum atomic E-state index is 12.5. The summed E-state index contributed by atoms with van der Waals surface area (Å²) in [5, 5.41) is 2.71. The van der Waals surface area contributed by atoms with Crippen LogP contribution in [0.3, 0.4) is 0 Å². The molecule has 1 N–H and O–H groups in total. The van der Waals surface area contributed by atoms with Crippen LogP contribution in [0.2, 0.25) is 0 Å². The van der Waals surface area contributed by atoms with Gasteiger partial charge in [0.25, 0.3) is 5.91 Å². The lowest BCUT2D eigenvalue weighted by Crippen LogP contribution is -2.41. The Labute approximate surface area is 156 Å². The molecule has 1 unspecified atom stereocenters. The number of allylic oxidation sites excluding steroid dienone is 2. The van der Waals surface area contributed by atoms with Crippen molar-refractivity contribution in [2.45, 2.75) is 39.7 Å². The third-order valence-electron chi connectivity index (χ3n) is 4.13. The van der Waals surface area contributed by atoms with E-state index < -0.39 is 0 Å². The first-order valence-corrected chi connectivity index (χ1v) is 9.06. The highest BCUT2D eigenvalue weighted by molar-refractivity contribution is 6.00. The highest BCUT2D eigenvalue weighted by atomic mass is 16.2. The van der Waals surface area contributed by atoms with Crippen molar-refractivity contribution in [2.75, 3.05) is 13.1 Å². The quantitative estimate of drug-likeness (QED) is 0.792. The molecular weight excluding hydrogens is 326 g/mol. The van der Waals surface area contributed by atoms with Crippen molar-refractivity contribution in [1.82, 2.24) is 15.2 Å². The largest absolute Gasteiger partial charge is 0.343 e. The summed E-state index contributed by atoms with van der Waals surface area (Å²) >= 11 is 0. The molecule has 2 rings (SSSR count). The van der Waals surface area contributed by atoms with Gasteiger partial charge in [0, 0.05) is 24.3 Å². The maximum absolute atomic E-state index is 12.5. The first-order chi connectivity index (χ1) is 12.6. The molecule has 5 nitrogen and oxygen atoms in total. The van der Waals surface area contributed by atoms with E-state index in [0.29, 0.717) is 16.8 Å². The van der Waals surface area contributed by atoms with E-state index in [1.807, 2.05) is 25.7 Å². The predicted octanol–water partition coefficient (Wildman–Crippen LogP) is 3.69. The molecule has 0 spiro atoms. The van der Waals surface area contributed by atoms with Gasteiger partial charge in [-0.1, -0.05) is 45.2 Å². The number of hydrogen-bond donors (Lipinski definition) is 1. The van der Waals surface area contributed by atoms with Gasteiger partial charge in [-0.05, 0) is 31.9 Å². The summed E-state index contributed by atoms with van der Waals surface area (Å²) < 4.78 is 0. The van der Waals surface area contributed by atoms with Gasteiger partial charge in [0.15, 0.2) is 0 Å². The second-order valence-corrected chi connectivity index (χ2v) is 5.72. The number of nitrogens with one attached hydrogen (secondary N) is 1. The average Bonchev–Trinajstić information content (AvgIpc) is 3.11. The molecule has 1 aliphatic rings. The van der Waals surface area contributed by atoms with E-state index in [1.165, 1.54) is 0 Å². The molecule has 0 bridgehead atoms. The van der Waals surface area contributed by atoms with Crippen LogP contribution in [0, 0.1) is 0 Å². The zero-order chi connectivity index (χ0) is 19.5. The van der Waals surface area contributed by atoms with Crippen LogP contribution in [0.5, 0.6) is 0 Å². The van der Waals surface area contributed by atoms with Crippen LogP contribution in [0.4, 0.5) is 0 Å². The van der Waals surface area contributed by atoms with Crippen LogP contribution in [-0.4, -0.2) is 40.8 Å². The van der Waals surface area contributed by atoms with Crippen LogP contribution >= 0.6 is 0 Å². The number of pyridine rings is 1. The Balaban J connectivity index is 0.00000163. The molecule has 26 heavy (non-hydrogen) atoms. The average molecular weight is 355 g/mol. The van der Waals surface area contributed by atoms with Crippen molar-refractivity contribution in [3.05, 3.63) is 54.4 Å². The smallest absolute Gasteiger partial charge is 0.252 e. The Hall–Kier alpha value is -2.69. The third-order valence-corrected chi connectivity index (χ3v) is 4.13. The van der Waals surface area contributed by atoms with Gasteiger partial charge >= 0.3 is 0 Å². The summed E-state index contributed by atoms with van der Waals surface area (Å²) in [4.78, 5) is 30.7. The highest BCUT2D eigenvalue weighted by Gasteiger charge is 2.25.